The molecule has 2 unspecified atom stereocenters. The summed E-state index contributed by atoms with van der Waals surface area (Å²) in [5, 5.41) is 10.1. The number of aliphatic carboxylic acids is 1. The predicted octanol–water partition coefficient (Wildman–Crippen LogP) is 1.56. The van der Waals surface area contributed by atoms with Crippen LogP contribution in [0.25, 0.3) is 0 Å². The van der Waals surface area contributed by atoms with Crippen LogP contribution in [0, 0.1) is 0 Å². The molecule has 2 N–H and O–H groups in total. The zero-order chi connectivity index (χ0) is 18.6. The van der Waals surface area contributed by atoms with Crippen LogP contribution in [-0.2, 0) is 24.2 Å². The first-order valence-electron chi connectivity index (χ1n) is 7.82. The minimum Gasteiger partial charge on any atom is -0.479 e. The lowest BCUT2D eigenvalue weighted by Gasteiger charge is -2.25. The van der Waals surface area contributed by atoms with Gasteiger partial charge < -0.3 is 15.2 Å². The van der Waals surface area contributed by atoms with Gasteiger partial charge >= 0.3 is 5.97 Å². The number of hydrogen-bond donors (Lipinski definition) is 2. The number of carboxylic acid groups (broad SMARTS) is 1. The van der Waals surface area contributed by atoms with E-state index in [9.17, 15) is 23.1 Å². The van der Waals surface area contributed by atoms with Crippen molar-refractivity contribution in [2.75, 3.05) is 13.2 Å². The highest BCUT2D eigenvalue weighted by atomic mass is 35.5. The van der Waals surface area contributed by atoms with Crippen LogP contribution in [-0.4, -0.2) is 49.1 Å². The number of hydrogen-bond acceptors (Lipinski definition) is 5. The van der Waals surface area contributed by atoms with E-state index < -0.39 is 38.3 Å². The largest absolute Gasteiger partial charge is 0.479 e. The molecule has 0 saturated carbocycles. The Morgan fingerprint density at radius 2 is 1.80 bits per heavy atom. The Morgan fingerprint density at radius 3 is 2.32 bits per heavy atom. The van der Waals surface area contributed by atoms with Crippen molar-refractivity contribution >= 4 is 33.3 Å². The molecule has 2 atom stereocenters. The number of nitrogens with one attached hydrogen (secondary N) is 1. The van der Waals surface area contributed by atoms with Gasteiger partial charge in [0.2, 0.25) is 5.91 Å². The van der Waals surface area contributed by atoms with Crippen LogP contribution in [0.2, 0.25) is 5.02 Å². The molecule has 1 heterocycles. The van der Waals surface area contributed by atoms with Gasteiger partial charge in [0.05, 0.1) is 5.25 Å². The third-order valence-electron chi connectivity index (χ3n) is 4.23. The SMILES string of the molecule is CC(C(=O)NC(C(=O)O)c1ccc(Cl)cc1)S(=O)(=O)C1CCOCC1. The van der Waals surface area contributed by atoms with E-state index in [2.05, 4.69) is 5.32 Å². The van der Waals surface area contributed by atoms with Crippen LogP contribution in [0.1, 0.15) is 31.4 Å². The van der Waals surface area contributed by atoms with Crippen LogP contribution >= 0.6 is 11.6 Å². The number of benzene rings is 1. The van der Waals surface area contributed by atoms with Crippen molar-refractivity contribution in [3.63, 3.8) is 0 Å². The highest BCUT2D eigenvalue weighted by Crippen LogP contribution is 2.22. The number of ether oxygens (including phenoxy) is 1. The van der Waals surface area contributed by atoms with Crippen LogP contribution in [0.15, 0.2) is 24.3 Å². The summed E-state index contributed by atoms with van der Waals surface area (Å²) in [5.41, 5.74) is 0.306. The maximum atomic E-state index is 12.6. The molecule has 138 valence electrons. The third-order valence-corrected chi connectivity index (χ3v) is 7.08. The normalized spacial score (nSPS) is 18.3. The van der Waals surface area contributed by atoms with E-state index in [4.69, 9.17) is 16.3 Å². The molecule has 1 aromatic rings. The Balaban J connectivity index is 2.14. The fourth-order valence-electron chi connectivity index (χ4n) is 2.64. The summed E-state index contributed by atoms with van der Waals surface area (Å²) < 4.78 is 30.3. The summed E-state index contributed by atoms with van der Waals surface area (Å²) in [5.74, 6) is -2.12. The number of carbonyl (C=O) groups is 2. The van der Waals surface area contributed by atoms with Crippen molar-refractivity contribution in [2.24, 2.45) is 0 Å². The molecule has 1 aliphatic heterocycles. The second-order valence-corrected chi connectivity index (χ2v) is 8.86. The van der Waals surface area contributed by atoms with Gasteiger partial charge in [-0.1, -0.05) is 23.7 Å². The predicted molar refractivity (Wildman–Crippen MR) is 92.2 cm³/mol. The Kier molecular flexibility index (Phi) is 6.42. The molecule has 0 aromatic heterocycles. The molecule has 0 spiro atoms. The van der Waals surface area contributed by atoms with Gasteiger partial charge in [0, 0.05) is 18.2 Å². The smallest absolute Gasteiger partial charge is 0.330 e. The number of rotatable bonds is 6. The van der Waals surface area contributed by atoms with Crippen LogP contribution < -0.4 is 5.32 Å². The lowest BCUT2D eigenvalue weighted by molar-refractivity contribution is -0.141. The molecule has 1 aliphatic rings. The second kappa shape index (κ2) is 8.16. The fraction of sp³-hybridized carbons (Fsp3) is 0.500. The number of amides is 1. The maximum Gasteiger partial charge on any atom is 0.330 e. The quantitative estimate of drug-likeness (QED) is 0.764. The number of sulfone groups is 1. The van der Waals surface area contributed by atoms with Crippen LogP contribution in [0.5, 0.6) is 0 Å². The first kappa shape index (κ1) is 19.7. The number of carboxylic acids is 1. The highest BCUT2D eigenvalue weighted by molar-refractivity contribution is 7.93. The van der Waals surface area contributed by atoms with Gasteiger partial charge in [0.25, 0.3) is 0 Å². The maximum absolute atomic E-state index is 12.6. The van der Waals surface area contributed by atoms with Crippen molar-refractivity contribution in [3.8, 4) is 0 Å². The van der Waals surface area contributed by atoms with E-state index in [-0.39, 0.29) is 0 Å². The summed E-state index contributed by atoms with van der Waals surface area (Å²) in [4.78, 5) is 23.9. The highest BCUT2D eigenvalue weighted by Gasteiger charge is 2.38. The first-order valence-corrected chi connectivity index (χ1v) is 9.81. The molecular formula is C16H20ClNO6S. The van der Waals surface area contributed by atoms with Gasteiger partial charge in [-0.3, -0.25) is 4.79 Å². The van der Waals surface area contributed by atoms with Crippen LogP contribution in [0.3, 0.4) is 0 Å². The summed E-state index contributed by atoms with van der Waals surface area (Å²) in [6.07, 6.45) is 0.666. The lowest BCUT2D eigenvalue weighted by atomic mass is 10.1. The Labute approximate surface area is 151 Å². The van der Waals surface area contributed by atoms with Gasteiger partial charge in [-0.2, -0.15) is 0 Å². The minimum absolute atomic E-state index is 0.306. The van der Waals surface area contributed by atoms with Crippen molar-refractivity contribution in [1.82, 2.24) is 5.32 Å². The van der Waals surface area contributed by atoms with Gasteiger partial charge in [0.1, 0.15) is 5.25 Å². The molecule has 0 bridgehead atoms. The van der Waals surface area contributed by atoms with E-state index in [0.717, 1.165) is 0 Å². The van der Waals surface area contributed by atoms with Crippen LogP contribution in [0.4, 0.5) is 0 Å². The Bertz CT molecular complexity index is 727. The van der Waals surface area contributed by atoms with Crippen molar-refractivity contribution < 1.29 is 27.9 Å². The van der Waals surface area contributed by atoms with E-state index in [1.54, 1.807) is 0 Å². The van der Waals surface area contributed by atoms with Crippen molar-refractivity contribution in [3.05, 3.63) is 34.9 Å². The summed E-state index contributed by atoms with van der Waals surface area (Å²) in [6.45, 7) is 1.95. The zero-order valence-electron chi connectivity index (χ0n) is 13.6. The second-order valence-electron chi connectivity index (χ2n) is 5.87. The average molecular weight is 390 g/mol. The van der Waals surface area contributed by atoms with E-state index in [1.165, 1.54) is 31.2 Å². The van der Waals surface area contributed by atoms with Gasteiger partial charge in [-0.05, 0) is 37.5 Å². The minimum atomic E-state index is -3.73. The Hall–Kier alpha value is -1.64. The number of halogens is 1. The summed E-state index contributed by atoms with van der Waals surface area (Å²) in [6, 6.07) is 4.59. The molecule has 0 radical (unpaired) electrons. The Morgan fingerprint density at radius 1 is 1.24 bits per heavy atom. The molecule has 2 rings (SSSR count). The van der Waals surface area contributed by atoms with Gasteiger partial charge in [-0.15, -0.1) is 0 Å². The van der Waals surface area contributed by atoms with Crippen molar-refractivity contribution in [2.45, 2.75) is 36.3 Å². The molecule has 1 aromatic carbocycles. The number of carbonyl (C=O) groups excluding carboxylic acids is 1. The molecule has 25 heavy (non-hydrogen) atoms. The molecule has 1 amide bonds. The monoisotopic (exact) mass is 389 g/mol. The summed E-state index contributed by atoms with van der Waals surface area (Å²) in [7, 11) is -3.73. The fourth-order valence-corrected chi connectivity index (χ4v) is 4.56. The third kappa shape index (κ3) is 4.71. The molecule has 1 saturated heterocycles. The molecule has 0 aliphatic carbocycles. The van der Waals surface area contributed by atoms with E-state index in [1.807, 2.05) is 0 Å². The van der Waals surface area contributed by atoms with E-state index in [0.29, 0.717) is 36.6 Å². The molecule has 7 nitrogen and oxygen atoms in total. The van der Waals surface area contributed by atoms with E-state index >= 15 is 0 Å². The van der Waals surface area contributed by atoms with Crippen molar-refractivity contribution in [1.29, 1.82) is 0 Å². The topological polar surface area (TPSA) is 110 Å². The molecule has 1 fully saturated rings. The van der Waals surface area contributed by atoms with Gasteiger partial charge in [0.15, 0.2) is 15.9 Å². The standard InChI is InChI=1S/C16H20ClNO6S/c1-10(25(22,23)13-6-8-24-9-7-13)15(19)18-14(16(20)21)11-2-4-12(17)5-3-11/h2-5,10,13-14H,6-9H2,1H3,(H,18,19)(H,20,21). The lowest BCUT2D eigenvalue weighted by Crippen LogP contribution is -2.46. The summed E-state index contributed by atoms with van der Waals surface area (Å²) >= 11 is 5.77. The molecular weight excluding hydrogens is 370 g/mol. The zero-order valence-corrected chi connectivity index (χ0v) is 15.2. The molecule has 9 heteroatoms. The first-order chi connectivity index (χ1) is 11.7. The average Bonchev–Trinajstić information content (AvgIpc) is 2.60. The van der Waals surface area contributed by atoms with Gasteiger partial charge in [-0.25, -0.2) is 13.2 Å².